The predicted molar refractivity (Wildman–Crippen MR) is 95.1 cm³/mol. The minimum Gasteiger partial charge on any atom is -0.186 e. The summed E-state index contributed by atoms with van der Waals surface area (Å²) < 4.78 is 10.3. The number of hydrogen-bond donors (Lipinski definition) is 1. The van der Waals surface area contributed by atoms with Crippen LogP contribution >= 0.6 is 0 Å². The first-order valence-corrected chi connectivity index (χ1v) is 8.87. The molecule has 0 aromatic heterocycles. The normalized spacial score (nSPS) is 12.8. The predicted octanol–water partition coefficient (Wildman–Crippen LogP) is 4.70. The summed E-state index contributed by atoms with van der Waals surface area (Å²) in [4.78, 5) is 0. The third-order valence-electron chi connectivity index (χ3n) is 3.98. The van der Waals surface area contributed by atoms with Crippen LogP contribution in [0.5, 0.6) is 0 Å². The Bertz CT molecular complexity index is 612. The lowest BCUT2D eigenvalue weighted by atomic mass is 9.84. The summed E-state index contributed by atoms with van der Waals surface area (Å²) >= 11 is -0.865. The van der Waals surface area contributed by atoms with Gasteiger partial charge in [0.1, 0.15) is 6.26 Å². The lowest BCUT2D eigenvalue weighted by Crippen LogP contribution is -2.37. The first-order valence-electron chi connectivity index (χ1n) is 7.28. The third kappa shape index (κ3) is 2.45. The molecule has 1 atom stereocenters. The molecule has 0 aliphatic carbocycles. The molecule has 0 spiro atoms. The molecule has 22 heavy (non-hydrogen) atoms. The Morgan fingerprint density at radius 2 is 0.864 bits per heavy atom. The Morgan fingerprint density at radius 1 is 0.591 bits per heavy atom. The molecular formula is C20H19OS+. The maximum atomic E-state index is 10.9. The van der Waals surface area contributed by atoms with Gasteiger partial charge >= 0.3 is 0 Å². The fourth-order valence-electron chi connectivity index (χ4n) is 3.03. The van der Waals surface area contributed by atoms with Crippen LogP contribution in [0.3, 0.4) is 0 Å². The lowest BCUT2D eigenvalue weighted by molar-refractivity contribution is 0.617. The van der Waals surface area contributed by atoms with E-state index in [1.807, 2.05) is 60.9 Å². The second-order valence-electron chi connectivity index (χ2n) is 5.26. The van der Waals surface area contributed by atoms with Crippen molar-refractivity contribution in [2.24, 2.45) is 0 Å². The zero-order chi connectivity index (χ0) is 15.4. The number of benzene rings is 3. The molecule has 0 heterocycles. The van der Waals surface area contributed by atoms with Crippen LogP contribution in [0.2, 0.25) is 0 Å². The fraction of sp³-hybridized carbons (Fsp3) is 0.100. The van der Waals surface area contributed by atoms with Crippen LogP contribution in [-0.4, -0.2) is 10.8 Å². The number of hydrogen-bond acceptors (Lipinski definition) is 1. The van der Waals surface area contributed by atoms with Gasteiger partial charge in [-0.1, -0.05) is 91.0 Å². The van der Waals surface area contributed by atoms with Crippen molar-refractivity contribution >= 4 is 11.2 Å². The summed E-state index contributed by atoms with van der Waals surface area (Å²) in [5.41, 5.74) is 3.34. The van der Waals surface area contributed by atoms with E-state index in [-0.39, 0.29) is 0 Å². The third-order valence-corrected chi connectivity index (χ3v) is 5.58. The van der Waals surface area contributed by atoms with Gasteiger partial charge < -0.3 is 0 Å². The minimum absolute atomic E-state index is 0.538. The van der Waals surface area contributed by atoms with Crippen molar-refractivity contribution in [3.05, 3.63) is 108 Å². The summed E-state index contributed by atoms with van der Waals surface area (Å²) in [6.45, 7) is 0. The van der Waals surface area contributed by atoms with E-state index in [9.17, 15) is 4.55 Å². The Kier molecular flexibility index (Phi) is 4.32. The molecule has 3 rings (SSSR count). The van der Waals surface area contributed by atoms with Gasteiger partial charge in [0.05, 0.1) is 0 Å². The molecule has 0 aliphatic heterocycles. The summed E-state index contributed by atoms with van der Waals surface area (Å²) in [6, 6.07) is 30.8. The monoisotopic (exact) mass is 307 g/mol. The smallest absolute Gasteiger partial charge is 0.186 e. The van der Waals surface area contributed by atoms with Gasteiger partial charge in [-0.05, 0) is 0 Å². The van der Waals surface area contributed by atoms with E-state index in [0.717, 1.165) is 16.7 Å². The van der Waals surface area contributed by atoms with Gasteiger partial charge in [-0.2, -0.15) is 4.55 Å². The minimum atomic E-state index is -0.865. The van der Waals surface area contributed by atoms with Crippen molar-refractivity contribution < 1.29 is 4.55 Å². The summed E-state index contributed by atoms with van der Waals surface area (Å²) in [7, 11) is 0. The fourth-order valence-corrected chi connectivity index (χ4v) is 4.46. The highest BCUT2D eigenvalue weighted by molar-refractivity contribution is 7.92. The maximum Gasteiger partial charge on any atom is 0.234 e. The van der Waals surface area contributed by atoms with Crippen LogP contribution < -0.4 is 0 Å². The molecule has 0 aliphatic rings. The van der Waals surface area contributed by atoms with Gasteiger partial charge in [0, 0.05) is 16.7 Å². The van der Waals surface area contributed by atoms with Crippen molar-refractivity contribution in [1.29, 1.82) is 0 Å². The van der Waals surface area contributed by atoms with Crippen molar-refractivity contribution in [2.45, 2.75) is 4.75 Å². The zero-order valence-electron chi connectivity index (χ0n) is 12.5. The van der Waals surface area contributed by atoms with Crippen molar-refractivity contribution in [3.8, 4) is 0 Å². The molecule has 110 valence electrons. The summed E-state index contributed by atoms with van der Waals surface area (Å²) in [5, 5.41) is 0. The van der Waals surface area contributed by atoms with Crippen LogP contribution in [0.25, 0.3) is 0 Å². The molecule has 3 aromatic rings. The molecule has 0 saturated heterocycles. The first-order chi connectivity index (χ1) is 10.8. The molecule has 0 bridgehead atoms. The SMILES string of the molecule is C[S+](O)C(c1ccccc1)(c1ccccc1)c1ccccc1. The Morgan fingerprint density at radius 3 is 1.09 bits per heavy atom. The largest absolute Gasteiger partial charge is 0.234 e. The second kappa shape index (κ2) is 6.39. The Balaban J connectivity index is 2.34. The topological polar surface area (TPSA) is 20.2 Å². The van der Waals surface area contributed by atoms with E-state index >= 15 is 0 Å². The molecule has 1 nitrogen and oxygen atoms in total. The Hall–Kier alpha value is -2.03. The van der Waals surface area contributed by atoms with Crippen LogP contribution in [0, 0.1) is 0 Å². The molecule has 1 unspecified atom stereocenters. The summed E-state index contributed by atoms with van der Waals surface area (Å²) in [6.07, 6.45) is 1.90. The van der Waals surface area contributed by atoms with Gasteiger partial charge in [-0.25, -0.2) is 0 Å². The van der Waals surface area contributed by atoms with E-state index in [1.54, 1.807) is 0 Å². The van der Waals surface area contributed by atoms with E-state index in [4.69, 9.17) is 0 Å². The highest BCUT2D eigenvalue weighted by atomic mass is 32.2. The number of rotatable bonds is 4. The molecule has 0 saturated carbocycles. The quantitative estimate of drug-likeness (QED) is 0.547. The molecule has 0 radical (unpaired) electrons. The zero-order valence-corrected chi connectivity index (χ0v) is 13.3. The van der Waals surface area contributed by atoms with E-state index < -0.39 is 15.9 Å². The van der Waals surface area contributed by atoms with Crippen LogP contribution in [-0.2, 0) is 15.9 Å². The highest BCUT2D eigenvalue weighted by Gasteiger charge is 2.50. The van der Waals surface area contributed by atoms with E-state index in [0.29, 0.717) is 0 Å². The van der Waals surface area contributed by atoms with E-state index in [1.165, 1.54) is 0 Å². The van der Waals surface area contributed by atoms with E-state index in [2.05, 4.69) is 36.4 Å². The van der Waals surface area contributed by atoms with Crippen molar-refractivity contribution in [3.63, 3.8) is 0 Å². The van der Waals surface area contributed by atoms with Gasteiger partial charge in [-0.3, -0.25) is 0 Å². The van der Waals surface area contributed by atoms with Gasteiger partial charge in [0.2, 0.25) is 4.75 Å². The molecular weight excluding hydrogens is 288 g/mol. The van der Waals surface area contributed by atoms with Crippen molar-refractivity contribution in [1.82, 2.24) is 0 Å². The molecule has 2 heteroatoms. The van der Waals surface area contributed by atoms with Gasteiger partial charge in [-0.15, -0.1) is 0 Å². The van der Waals surface area contributed by atoms with Crippen LogP contribution in [0.15, 0.2) is 91.0 Å². The molecule has 1 N–H and O–H groups in total. The van der Waals surface area contributed by atoms with Crippen LogP contribution in [0.4, 0.5) is 0 Å². The summed E-state index contributed by atoms with van der Waals surface area (Å²) in [5.74, 6) is 0. The highest BCUT2D eigenvalue weighted by Crippen LogP contribution is 2.43. The average Bonchev–Trinajstić information content (AvgIpc) is 2.58. The molecule has 0 fully saturated rings. The molecule has 3 aromatic carbocycles. The Labute approximate surface area is 134 Å². The first kappa shape index (κ1) is 14.9. The molecule has 0 amide bonds. The van der Waals surface area contributed by atoms with Crippen molar-refractivity contribution in [2.75, 3.05) is 6.26 Å². The average molecular weight is 307 g/mol. The lowest BCUT2D eigenvalue weighted by Gasteiger charge is -2.29. The standard InChI is InChI=1S/C20H19OS/c1-22(21)20(17-11-5-2-6-12-17,18-13-7-3-8-14-18)19-15-9-4-10-16-19/h2-16,21H,1H3/q+1. The maximum absolute atomic E-state index is 10.9. The van der Waals surface area contributed by atoms with Gasteiger partial charge in [0.15, 0.2) is 11.2 Å². The van der Waals surface area contributed by atoms with Gasteiger partial charge in [0.25, 0.3) is 0 Å². The second-order valence-corrected chi connectivity index (χ2v) is 6.83. The van der Waals surface area contributed by atoms with Crippen LogP contribution in [0.1, 0.15) is 16.7 Å².